The van der Waals surface area contributed by atoms with Crippen LogP contribution in [-0.2, 0) is 0 Å². The van der Waals surface area contributed by atoms with E-state index in [0.717, 1.165) is 18.4 Å². The van der Waals surface area contributed by atoms with Crippen LogP contribution in [0.3, 0.4) is 0 Å². The van der Waals surface area contributed by atoms with Gasteiger partial charge in [-0.15, -0.1) is 0 Å². The number of amides is 1. The highest BCUT2D eigenvalue weighted by Crippen LogP contribution is 2.18. The number of halogens is 1. The predicted octanol–water partition coefficient (Wildman–Crippen LogP) is 3.61. The fourth-order valence-corrected chi connectivity index (χ4v) is 2.33. The highest BCUT2D eigenvalue weighted by molar-refractivity contribution is 6.30. The standard InChI is InChI=1S/C17H19ClN2O2/c1-3-13(4-2)19-16(21)14-9-10-15(20-17(14)22)11-5-7-12(18)8-6-11/h5-10,13H,3-4H2,1-2H3,(H,19,21)(H,20,22). The van der Waals surface area contributed by atoms with Gasteiger partial charge in [0.15, 0.2) is 0 Å². The topological polar surface area (TPSA) is 62.0 Å². The zero-order valence-corrected chi connectivity index (χ0v) is 13.4. The lowest BCUT2D eigenvalue weighted by molar-refractivity contribution is 0.0933. The summed E-state index contributed by atoms with van der Waals surface area (Å²) in [4.78, 5) is 27.0. The minimum atomic E-state index is -0.393. The van der Waals surface area contributed by atoms with E-state index in [9.17, 15) is 9.59 Å². The van der Waals surface area contributed by atoms with Gasteiger partial charge in [-0.05, 0) is 42.7 Å². The van der Waals surface area contributed by atoms with E-state index in [1.807, 2.05) is 26.0 Å². The third-order valence-corrected chi connectivity index (χ3v) is 3.88. The van der Waals surface area contributed by atoms with Crippen LogP contribution in [-0.4, -0.2) is 16.9 Å². The third-order valence-electron chi connectivity index (χ3n) is 3.63. The average Bonchev–Trinajstić information content (AvgIpc) is 2.53. The summed E-state index contributed by atoms with van der Waals surface area (Å²) < 4.78 is 0. The maximum atomic E-state index is 12.1. The zero-order valence-electron chi connectivity index (χ0n) is 12.7. The molecule has 5 heteroatoms. The monoisotopic (exact) mass is 318 g/mol. The van der Waals surface area contributed by atoms with Gasteiger partial charge in [0.25, 0.3) is 11.5 Å². The molecule has 2 N–H and O–H groups in total. The Morgan fingerprint density at radius 3 is 2.32 bits per heavy atom. The molecule has 22 heavy (non-hydrogen) atoms. The molecule has 0 saturated carbocycles. The molecular formula is C17H19ClN2O2. The van der Waals surface area contributed by atoms with Crippen LogP contribution in [0.5, 0.6) is 0 Å². The molecule has 1 amide bonds. The maximum Gasteiger partial charge on any atom is 0.261 e. The fourth-order valence-electron chi connectivity index (χ4n) is 2.21. The number of rotatable bonds is 5. The van der Waals surface area contributed by atoms with E-state index in [-0.39, 0.29) is 17.5 Å². The van der Waals surface area contributed by atoms with Crippen molar-refractivity contribution in [2.75, 3.05) is 0 Å². The van der Waals surface area contributed by atoms with Crippen molar-refractivity contribution in [2.45, 2.75) is 32.7 Å². The van der Waals surface area contributed by atoms with Gasteiger partial charge in [-0.25, -0.2) is 0 Å². The number of hydrogen-bond donors (Lipinski definition) is 2. The molecule has 1 aromatic heterocycles. The van der Waals surface area contributed by atoms with E-state index in [1.165, 1.54) is 0 Å². The van der Waals surface area contributed by atoms with Gasteiger partial charge in [0.1, 0.15) is 5.56 Å². The Hall–Kier alpha value is -2.07. The van der Waals surface area contributed by atoms with Crippen molar-refractivity contribution in [2.24, 2.45) is 0 Å². The van der Waals surface area contributed by atoms with Crippen molar-refractivity contribution in [3.05, 3.63) is 57.3 Å². The Kier molecular flexibility index (Phi) is 5.39. The molecule has 1 aromatic carbocycles. The van der Waals surface area contributed by atoms with Crippen molar-refractivity contribution in [1.82, 2.24) is 10.3 Å². The van der Waals surface area contributed by atoms with Gasteiger partial charge in [0.05, 0.1) is 0 Å². The average molecular weight is 319 g/mol. The number of aromatic nitrogens is 1. The lowest BCUT2D eigenvalue weighted by Gasteiger charge is -2.14. The molecule has 0 radical (unpaired) electrons. The predicted molar refractivity (Wildman–Crippen MR) is 89.3 cm³/mol. The number of carbonyl (C=O) groups is 1. The first-order chi connectivity index (χ1) is 10.5. The molecule has 0 spiro atoms. The number of pyridine rings is 1. The molecule has 116 valence electrons. The number of carbonyl (C=O) groups excluding carboxylic acids is 1. The van der Waals surface area contributed by atoms with Crippen LogP contribution >= 0.6 is 11.6 Å². The van der Waals surface area contributed by atoms with E-state index < -0.39 is 5.56 Å². The van der Waals surface area contributed by atoms with E-state index in [2.05, 4.69) is 10.3 Å². The summed E-state index contributed by atoms with van der Waals surface area (Å²) >= 11 is 5.85. The van der Waals surface area contributed by atoms with E-state index >= 15 is 0 Å². The minimum Gasteiger partial charge on any atom is -0.349 e. The largest absolute Gasteiger partial charge is 0.349 e. The Labute approximate surface area is 134 Å². The first-order valence-electron chi connectivity index (χ1n) is 7.35. The summed E-state index contributed by atoms with van der Waals surface area (Å²) in [5.74, 6) is -0.336. The summed E-state index contributed by atoms with van der Waals surface area (Å²) in [6.45, 7) is 4.00. The van der Waals surface area contributed by atoms with Crippen molar-refractivity contribution in [3.63, 3.8) is 0 Å². The molecule has 0 fully saturated rings. The summed E-state index contributed by atoms with van der Waals surface area (Å²) in [6, 6.07) is 10.5. The van der Waals surface area contributed by atoms with Gasteiger partial charge in [-0.1, -0.05) is 37.6 Å². The van der Waals surface area contributed by atoms with Gasteiger partial charge in [-0.2, -0.15) is 0 Å². The molecule has 4 nitrogen and oxygen atoms in total. The second-order valence-electron chi connectivity index (χ2n) is 5.11. The van der Waals surface area contributed by atoms with Crippen LogP contribution in [0.25, 0.3) is 11.3 Å². The molecule has 0 bridgehead atoms. The van der Waals surface area contributed by atoms with Crippen LogP contribution in [0.2, 0.25) is 5.02 Å². The fraction of sp³-hybridized carbons (Fsp3) is 0.294. The lowest BCUT2D eigenvalue weighted by atomic mass is 10.1. The van der Waals surface area contributed by atoms with E-state index in [0.29, 0.717) is 10.7 Å². The van der Waals surface area contributed by atoms with Gasteiger partial charge in [0.2, 0.25) is 0 Å². The smallest absolute Gasteiger partial charge is 0.261 e. The van der Waals surface area contributed by atoms with E-state index in [4.69, 9.17) is 11.6 Å². The van der Waals surface area contributed by atoms with Crippen molar-refractivity contribution in [3.8, 4) is 11.3 Å². The molecule has 2 aromatic rings. The van der Waals surface area contributed by atoms with Gasteiger partial charge >= 0.3 is 0 Å². The van der Waals surface area contributed by atoms with Crippen molar-refractivity contribution < 1.29 is 4.79 Å². The van der Waals surface area contributed by atoms with Gasteiger partial charge < -0.3 is 10.3 Å². The van der Waals surface area contributed by atoms with Crippen molar-refractivity contribution in [1.29, 1.82) is 0 Å². The van der Waals surface area contributed by atoms with Gasteiger partial charge in [0, 0.05) is 16.8 Å². The molecule has 2 rings (SSSR count). The minimum absolute atomic E-state index is 0.0860. The molecular weight excluding hydrogens is 300 g/mol. The molecule has 0 aliphatic rings. The number of aromatic amines is 1. The summed E-state index contributed by atoms with van der Waals surface area (Å²) in [7, 11) is 0. The van der Waals surface area contributed by atoms with E-state index in [1.54, 1.807) is 24.3 Å². The lowest BCUT2D eigenvalue weighted by Crippen LogP contribution is -2.36. The van der Waals surface area contributed by atoms with Crippen LogP contribution in [0.15, 0.2) is 41.2 Å². The maximum absolute atomic E-state index is 12.1. The number of H-pyrrole nitrogens is 1. The number of hydrogen-bond acceptors (Lipinski definition) is 2. The van der Waals surface area contributed by atoms with Crippen LogP contribution in [0, 0.1) is 0 Å². The molecule has 0 aliphatic heterocycles. The zero-order chi connectivity index (χ0) is 16.1. The highest BCUT2D eigenvalue weighted by atomic mass is 35.5. The first-order valence-corrected chi connectivity index (χ1v) is 7.73. The van der Waals surface area contributed by atoms with Gasteiger partial charge in [-0.3, -0.25) is 9.59 Å². The third kappa shape index (κ3) is 3.77. The Morgan fingerprint density at radius 1 is 1.14 bits per heavy atom. The highest BCUT2D eigenvalue weighted by Gasteiger charge is 2.14. The molecule has 0 aliphatic carbocycles. The Bertz CT molecular complexity index is 703. The number of nitrogens with one attached hydrogen (secondary N) is 2. The van der Waals surface area contributed by atoms with Crippen LogP contribution in [0.1, 0.15) is 37.0 Å². The normalized spacial score (nSPS) is 10.7. The van der Waals surface area contributed by atoms with Crippen molar-refractivity contribution >= 4 is 17.5 Å². The van der Waals surface area contributed by atoms with Crippen LogP contribution < -0.4 is 10.9 Å². The Balaban J connectivity index is 2.24. The molecule has 1 heterocycles. The second kappa shape index (κ2) is 7.27. The summed E-state index contributed by atoms with van der Waals surface area (Å²) in [5.41, 5.74) is 1.23. The van der Waals surface area contributed by atoms with Crippen LogP contribution in [0.4, 0.5) is 0 Å². The Morgan fingerprint density at radius 2 is 1.77 bits per heavy atom. The summed E-state index contributed by atoms with van der Waals surface area (Å²) in [5, 5.41) is 3.50. The molecule has 0 unspecified atom stereocenters. The molecule has 0 atom stereocenters. The number of benzene rings is 1. The SMILES string of the molecule is CCC(CC)NC(=O)c1ccc(-c2ccc(Cl)cc2)[nH]c1=O. The quantitative estimate of drug-likeness (QED) is 0.884. The summed E-state index contributed by atoms with van der Waals surface area (Å²) in [6.07, 6.45) is 1.67. The molecule has 0 saturated heterocycles. The first kappa shape index (κ1) is 16.3. The second-order valence-corrected chi connectivity index (χ2v) is 5.55.